The molecule has 1 aliphatic heterocycles. The third kappa shape index (κ3) is 4.07. The minimum Gasteiger partial charge on any atom is -0.497 e. The van der Waals surface area contributed by atoms with E-state index in [-0.39, 0.29) is 11.9 Å². The molecular weight excluding hydrogens is 328 g/mol. The van der Waals surface area contributed by atoms with E-state index in [1.165, 1.54) is 5.56 Å². The Bertz CT molecular complexity index is 726. The van der Waals surface area contributed by atoms with Gasteiger partial charge in [0.25, 0.3) is 5.91 Å². The summed E-state index contributed by atoms with van der Waals surface area (Å²) < 4.78 is 6.96. The summed E-state index contributed by atoms with van der Waals surface area (Å²) in [6.45, 7) is 4.89. The zero-order valence-electron chi connectivity index (χ0n) is 16.1. The molecule has 0 N–H and O–H groups in total. The van der Waals surface area contributed by atoms with Crippen molar-refractivity contribution in [1.82, 2.24) is 19.6 Å². The van der Waals surface area contributed by atoms with Gasteiger partial charge in [0, 0.05) is 45.5 Å². The minimum absolute atomic E-state index is 0.0160. The van der Waals surface area contributed by atoms with Gasteiger partial charge >= 0.3 is 0 Å². The predicted octanol–water partition coefficient (Wildman–Crippen LogP) is 2.47. The highest BCUT2D eigenvalue weighted by atomic mass is 16.5. The summed E-state index contributed by atoms with van der Waals surface area (Å²) in [6.07, 6.45) is 1.98. The molecule has 1 aliphatic rings. The number of methoxy groups -OCH3 is 1. The number of hydrogen-bond donors (Lipinski definition) is 0. The van der Waals surface area contributed by atoms with Crippen LogP contribution in [0, 0.1) is 6.92 Å². The molecule has 1 fully saturated rings. The van der Waals surface area contributed by atoms with Crippen molar-refractivity contribution in [3.05, 3.63) is 47.3 Å². The molecule has 1 aromatic heterocycles. The molecule has 0 atom stereocenters. The number of benzene rings is 1. The van der Waals surface area contributed by atoms with Crippen molar-refractivity contribution in [2.45, 2.75) is 32.4 Å². The molecule has 0 unspecified atom stereocenters. The number of aromatic nitrogens is 2. The molecule has 6 nitrogen and oxygen atoms in total. The Kier molecular flexibility index (Phi) is 5.61. The fraction of sp³-hybridized carbons (Fsp3) is 0.500. The SMILES string of the molecule is COc1ccc(CN2CCC(N(C)C(=O)c3cc(C)n(C)n3)CC2)cc1. The van der Waals surface area contributed by atoms with E-state index in [1.54, 1.807) is 11.8 Å². The van der Waals surface area contributed by atoms with Crippen molar-refractivity contribution >= 4 is 5.91 Å². The van der Waals surface area contributed by atoms with E-state index in [4.69, 9.17) is 4.74 Å². The lowest BCUT2D eigenvalue weighted by atomic mass is 10.0. The summed E-state index contributed by atoms with van der Waals surface area (Å²) in [6, 6.07) is 10.4. The normalized spacial score (nSPS) is 15.8. The van der Waals surface area contributed by atoms with Gasteiger partial charge < -0.3 is 9.64 Å². The Hall–Kier alpha value is -2.34. The van der Waals surface area contributed by atoms with Crippen LogP contribution in [0.5, 0.6) is 5.75 Å². The lowest BCUT2D eigenvalue weighted by molar-refractivity contribution is 0.0630. The van der Waals surface area contributed by atoms with E-state index < -0.39 is 0 Å². The van der Waals surface area contributed by atoms with E-state index in [9.17, 15) is 4.79 Å². The molecule has 0 bridgehead atoms. The highest BCUT2D eigenvalue weighted by Crippen LogP contribution is 2.20. The second-order valence-corrected chi connectivity index (χ2v) is 7.07. The van der Waals surface area contributed by atoms with Crippen LogP contribution in [-0.2, 0) is 13.6 Å². The van der Waals surface area contributed by atoms with Gasteiger partial charge in [0.15, 0.2) is 5.69 Å². The highest BCUT2D eigenvalue weighted by Gasteiger charge is 2.27. The highest BCUT2D eigenvalue weighted by molar-refractivity contribution is 5.92. The molecule has 3 rings (SSSR count). The van der Waals surface area contributed by atoms with Gasteiger partial charge in [-0.1, -0.05) is 12.1 Å². The Labute approximate surface area is 155 Å². The maximum atomic E-state index is 12.7. The summed E-state index contributed by atoms with van der Waals surface area (Å²) in [5, 5.41) is 4.32. The van der Waals surface area contributed by atoms with E-state index in [2.05, 4.69) is 22.1 Å². The Balaban J connectivity index is 1.53. The van der Waals surface area contributed by atoms with Crippen molar-refractivity contribution in [3.63, 3.8) is 0 Å². The first kappa shape index (κ1) is 18.5. The third-order valence-electron chi connectivity index (χ3n) is 5.32. The topological polar surface area (TPSA) is 50.6 Å². The van der Waals surface area contributed by atoms with Crippen molar-refractivity contribution in [1.29, 1.82) is 0 Å². The molecule has 0 aliphatic carbocycles. The summed E-state index contributed by atoms with van der Waals surface area (Å²) >= 11 is 0. The van der Waals surface area contributed by atoms with Gasteiger partial charge in [0.05, 0.1) is 7.11 Å². The van der Waals surface area contributed by atoms with Crippen molar-refractivity contribution < 1.29 is 9.53 Å². The summed E-state index contributed by atoms with van der Waals surface area (Å²) in [5.41, 5.74) is 2.82. The molecule has 0 radical (unpaired) electrons. The summed E-state index contributed by atoms with van der Waals surface area (Å²) in [7, 11) is 5.45. The first-order chi connectivity index (χ1) is 12.5. The number of ether oxygens (including phenoxy) is 1. The van der Waals surface area contributed by atoms with Gasteiger partial charge in [-0.15, -0.1) is 0 Å². The number of hydrogen-bond acceptors (Lipinski definition) is 4. The summed E-state index contributed by atoms with van der Waals surface area (Å²) in [5.74, 6) is 0.902. The van der Waals surface area contributed by atoms with Crippen LogP contribution in [-0.4, -0.2) is 58.8 Å². The van der Waals surface area contributed by atoms with Gasteiger partial charge in [0.2, 0.25) is 0 Å². The number of nitrogens with zero attached hydrogens (tertiary/aromatic N) is 4. The van der Waals surface area contributed by atoms with Crippen LogP contribution in [0.4, 0.5) is 0 Å². The largest absolute Gasteiger partial charge is 0.497 e. The number of piperidine rings is 1. The predicted molar refractivity (Wildman–Crippen MR) is 101 cm³/mol. The first-order valence-corrected chi connectivity index (χ1v) is 9.11. The number of carbonyl (C=O) groups is 1. The maximum Gasteiger partial charge on any atom is 0.274 e. The smallest absolute Gasteiger partial charge is 0.274 e. The first-order valence-electron chi connectivity index (χ1n) is 9.11. The molecule has 26 heavy (non-hydrogen) atoms. The number of amides is 1. The number of aryl methyl sites for hydroxylation is 2. The van der Waals surface area contributed by atoms with Gasteiger partial charge in [-0.05, 0) is 43.5 Å². The Morgan fingerprint density at radius 3 is 2.46 bits per heavy atom. The lowest BCUT2D eigenvalue weighted by Crippen LogP contribution is -2.45. The van der Waals surface area contributed by atoms with Crippen molar-refractivity contribution in [2.24, 2.45) is 7.05 Å². The van der Waals surface area contributed by atoms with E-state index in [0.29, 0.717) is 5.69 Å². The standard InChI is InChI=1S/C20H28N4O2/c1-15-13-19(21-23(15)3)20(25)22(2)17-9-11-24(12-10-17)14-16-5-7-18(26-4)8-6-16/h5-8,13,17H,9-12,14H2,1-4H3. The zero-order chi connectivity index (χ0) is 18.7. The zero-order valence-corrected chi connectivity index (χ0v) is 16.1. The van der Waals surface area contributed by atoms with Crippen LogP contribution in [0.15, 0.2) is 30.3 Å². The monoisotopic (exact) mass is 356 g/mol. The maximum absolute atomic E-state index is 12.7. The number of rotatable bonds is 5. The van der Waals surface area contributed by atoms with Crippen LogP contribution in [0.2, 0.25) is 0 Å². The van der Waals surface area contributed by atoms with Gasteiger partial charge in [-0.3, -0.25) is 14.4 Å². The Morgan fingerprint density at radius 2 is 1.92 bits per heavy atom. The molecule has 1 amide bonds. The van der Waals surface area contributed by atoms with Crippen LogP contribution < -0.4 is 4.74 Å². The molecule has 2 heterocycles. The van der Waals surface area contributed by atoms with Crippen molar-refractivity contribution in [2.75, 3.05) is 27.2 Å². The number of likely N-dealkylation sites (tertiary alicyclic amines) is 1. The number of carbonyl (C=O) groups excluding carboxylic acids is 1. The average molecular weight is 356 g/mol. The molecule has 0 spiro atoms. The fourth-order valence-electron chi connectivity index (χ4n) is 3.47. The van der Waals surface area contributed by atoms with E-state index in [0.717, 1.165) is 43.9 Å². The van der Waals surface area contributed by atoms with Gasteiger partial charge in [-0.2, -0.15) is 5.10 Å². The molecular formula is C20H28N4O2. The molecule has 140 valence electrons. The fourth-order valence-corrected chi connectivity index (χ4v) is 3.47. The van der Waals surface area contributed by atoms with Crippen LogP contribution in [0.3, 0.4) is 0 Å². The Morgan fingerprint density at radius 1 is 1.27 bits per heavy atom. The quantitative estimate of drug-likeness (QED) is 0.826. The van der Waals surface area contributed by atoms with Crippen LogP contribution in [0.1, 0.15) is 34.6 Å². The van der Waals surface area contributed by atoms with Gasteiger partial charge in [0.1, 0.15) is 5.75 Å². The molecule has 1 saturated heterocycles. The lowest BCUT2D eigenvalue weighted by Gasteiger charge is -2.36. The van der Waals surface area contributed by atoms with Crippen LogP contribution in [0.25, 0.3) is 0 Å². The molecule has 1 aromatic carbocycles. The minimum atomic E-state index is 0.0160. The van der Waals surface area contributed by atoms with Crippen LogP contribution >= 0.6 is 0 Å². The molecule has 2 aromatic rings. The second kappa shape index (κ2) is 7.91. The average Bonchev–Trinajstić information content (AvgIpc) is 3.00. The molecule has 6 heteroatoms. The van der Waals surface area contributed by atoms with Crippen molar-refractivity contribution in [3.8, 4) is 5.75 Å². The third-order valence-corrected chi connectivity index (χ3v) is 5.32. The summed E-state index contributed by atoms with van der Waals surface area (Å²) in [4.78, 5) is 17.0. The van der Waals surface area contributed by atoms with E-state index in [1.807, 2.05) is 44.1 Å². The second-order valence-electron chi connectivity index (χ2n) is 7.07. The molecule has 0 saturated carbocycles. The van der Waals surface area contributed by atoms with E-state index >= 15 is 0 Å². The van der Waals surface area contributed by atoms with Gasteiger partial charge in [-0.25, -0.2) is 0 Å².